The maximum absolute atomic E-state index is 11.9. The van der Waals surface area contributed by atoms with E-state index in [4.69, 9.17) is 0 Å². The van der Waals surface area contributed by atoms with Gasteiger partial charge in [-0.25, -0.2) is 0 Å². The Balaban J connectivity index is 1.78. The maximum atomic E-state index is 11.9. The highest BCUT2D eigenvalue weighted by Crippen LogP contribution is 2.20. The van der Waals surface area contributed by atoms with Gasteiger partial charge in [-0.15, -0.1) is 0 Å². The van der Waals surface area contributed by atoms with Gasteiger partial charge < -0.3 is 9.67 Å². The summed E-state index contributed by atoms with van der Waals surface area (Å²) >= 11 is 0. The molecule has 6 nitrogen and oxygen atoms in total. The molecule has 21 heavy (non-hydrogen) atoms. The van der Waals surface area contributed by atoms with Crippen LogP contribution in [0.15, 0.2) is 18.3 Å². The average molecular weight is 293 g/mol. The van der Waals surface area contributed by atoms with E-state index >= 15 is 0 Å². The van der Waals surface area contributed by atoms with Gasteiger partial charge in [-0.05, 0) is 50.9 Å². The van der Waals surface area contributed by atoms with Gasteiger partial charge in [0, 0.05) is 13.2 Å². The molecule has 2 amide bonds. The van der Waals surface area contributed by atoms with Crippen molar-refractivity contribution in [3.63, 3.8) is 0 Å². The molecule has 0 saturated carbocycles. The van der Waals surface area contributed by atoms with E-state index in [1.54, 1.807) is 29.9 Å². The number of imide groups is 1. The second kappa shape index (κ2) is 6.87. The molecule has 1 aromatic heterocycles. The fourth-order valence-electron chi connectivity index (χ4n) is 2.72. The summed E-state index contributed by atoms with van der Waals surface area (Å²) in [5.74, 6) is -0.336. The van der Waals surface area contributed by atoms with E-state index in [0.717, 1.165) is 25.9 Å². The molecule has 6 heteroatoms. The molecule has 2 N–H and O–H groups in total. The van der Waals surface area contributed by atoms with Crippen molar-refractivity contribution >= 4 is 11.8 Å². The second-order valence-electron chi connectivity index (χ2n) is 5.74. The molecule has 0 spiro atoms. The van der Waals surface area contributed by atoms with Crippen LogP contribution in [-0.4, -0.2) is 52.1 Å². The molecule has 0 radical (unpaired) electrons. The average Bonchev–Trinajstić information content (AvgIpc) is 2.85. The lowest BCUT2D eigenvalue weighted by atomic mass is 9.92. The molecule has 1 atom stereocenters. The highest BCUT2D eigenvalue weighted by Gasteiger charge is 2.24. The summed E-state index contributed by atoms with van der Waals surface area (Å²) in [6.07, 6.45) is 3.24. The number of rotatable bonds is 4. The number of piperidine rings is 1. The summed E-state index contributed by atoms with van der Waals surface area (Å²) in [7, 11) is 1.76. The summed E-state index contributed by atoms with van der Waals surface area (Å²) in [6.45, 7) is 3.59. The van der Waals surface area contributed by atoms with Crippen LogP contribution in [0.2, 0.25) is 0 Å². The van der Waals surface area contributed by atoms with E-state index in [9.17, 15) is 14.7 Å². The number of aromatic nitrogens is 1. The van der Waals surface area contributed by atoms with Crippen LogP contribution in [0.1, 0.15) is 30.3 Å². The molecule has 0 bridgehead atoms. The lowest BCUT2D eigenvalue weighted by Crippen LogP contribution is -2.44. The van der Waals surface area contributed by atoms with E-state index in [2.05, 4.69) is 5.32 Å². The first-order chi connectivity index (χ1) is 9.97. The number of hydrogen-bond acceptors (Lipinski definition) is 4. The number of aliphatic hydroxyl groups is 1. The molecule has 0 aliphatic carbocycles. The summed E-state index contributed by atoms with van der Waals surface area (Å²) in [5.41, 5.74) is 0.469. The van der Waals surface area contributed by atoms with Crippen molar-refractivity contribution in [3.05, 3.63) is 24.0 Å². The predicted octanol–water partition coefficient (Wildman–Crippen LogP) is 0.374. The number of carbonyl (C=O) groups excluding carboxylic acids is 2. The van der Waals surface area contributed by atoms with Crippen molar-refractivity contribution in [2.75, 3.05) is 19.6 Å². The normalized spacial score (nSPS) is 18.4. The molecule has 1 fully saturated rings. The number of amides is 2. The molecule has 1 aromatic rings. The minimum atomic E-state index is -0.369. The lowest BCUT2D eigenvalue weighted by molar-refractivity contribution is -0.121. The fraction of sp³-hybridized carbons (Fsp3) is 0.600. The SMILES string of the molecule is CC(O)C1CCN(CC(=O)NC(=O)c2cccn2C)CC1. The van der Waals surface area contributed by atoms with Crippen LogP contribution < -0.4 is 5.32 Å². The van der Waals surface area contributed by atoms with Crippen molar-refractivity contribution in [2.24, 2.45) is 13.0 Å². The zero-order chi connectivity index (χ0) is 15.4. The van der Waals surface area contributed by atoms with Gasteiger partial charge in [0.25, 0.3) is 5.91 Å². The highest BCUT2D eigenvalue weighted by atomic mass is 16.3. The smallest absolute Gasteiger partial charge is 0.274 e. The third-order valence-electron chi connectivity index (χ3n) is 4.11. The third kappa shape index (κ3) is 4.15. The van der Waals surface area contributed by atoms with Gasteiger partial charge in [0.15, 0.2) is 0 Å². The lowest BCUT2D eigenvalue weighted by Gasteiger charge is -2.32. The number of carbonyl (C=O) groups is 2. The Morgan fingerprint density at radius 3 is 2.62 bits per heavy atom. The second-order valence-corrected chi connectivity index (χ2v) is 5.74. The van der Waals surface area contributed by atoms with Crippen molar-refractivity contribution in [2.45, 2.75) is 25.9 Å². The summed E-state index contributed by atoms with van der Waals surface area (Å²) < 4.78 is 1.68. The molecular weight excluding hydrogens is 270 g/mol. The van der Waals surface area contributed by atoms with E-state index in [1.165, 1.54) is 0 Å². The van der Waals surface area contributed by atoms with Crippen LogP contribution in [0.3, 0.4) is 0 Å². The minimum Gasteiger partial charge on any atom is -0.393 e. The van der Waals surface area contributed by atoms with Crippen LogP contribution in [0.25, 0.3) is 0 Å². The zero-order valence-corrected chi connectivity index (χ0v) is 12.6. The molecule has 1 aliphatic heterocycles. The van der Waals surface area contributed by atoms with Gasteiger partial charge in [0.2, 0.25) is 5.91 Å². The first-order valence-corrected chi connectivity index (χ1v) is 7.33. The van der Waals surface area contributed by atoms with E-state index in [0.29, 0.717) is 11.6 Å². The molecule has 1 saturated heterocycles. The van der Waals surface area contributed by atoms with E-state index in [1.807, 2.05) is 11.8 Å². The van der Waals surface area contributed by atoms with Gasteiger partial charge in [0.1, 0.15) is 5.69 Å². The monoisotopic (exact) mass is 293 g/mol. The number of nitrogens with zero attached hydrogens (tertiary/aromatic N) is 2. The Kier molecular flexibility index (Phi) is 5.14. The zero-order valence-electron chi connectivity index (χ0n) is 12.6. The number of aryl methyl sites for hydroxylation is 1. The predicted molar refractivity (Wildman–Crippen MR) is 78.7 cm³/mol. The summed E-state index contributed by atoms with van der Waals surface area (Å²) in [6, 6.07) is 3.44. The Bertz CT molecular complexity index is 502. The van der Waals surface area contributed by atoms with Gasteiger partial charge in [-0.1, -0.05) is 0 Å². The summed E-state index contributed by atoms with van der Waals surface area (Å²) in [5, 5.41) is 12.0. The Morgan fingerprint density at radius 1 is 1.43 bits per heavy atom. The quantitative estimate of drug-likeness (QED) is 0.841. The Morgan fingerprint density at radius 2 is 2.10 bits per heavy atom. The number of aliphatic hydroxyl groups excluding tert-OH is 1. The Hall–Kier alpha value is -1.66. The standard InChI is InChI=1S/C15H23N3O3/c1-11(19)12-5-8-18(9-6-12)10-14(20)16-15(21)13-4-3-7-17(13)2/h3-4,7,11-12,19H,5-6,8-10H2,1-2H3,(H,16,20,21). The number of likely N-dealkylation sites (tertiary alicyclic amines) is 1. The van der Waals surface area contributed by atoms with Crippen LogP contribution in [-0.2, 0) is 11.8 Å². The molecule has 0 aromatic carbocycles. The van der Waals surface area contributed by atoms with Crippen LogP contribution >= 0.6 is 0 Å². The molecule has 1 aliphatic rings. The number of nitrogens with one attached hydrogen (secondary N) is 1. The van der Waals surface area contributed by atoms with Crippen LogP contribution in [0.4, 0.5) is 0 Å². The van der Waals surface area contributed by atoms with E-state index < -0.39 is 0 Å². The Labute approximate surface area is 124 Å². The molecule has 2 heterocycles. The van der Waals surface area contributed by atoms with Crippen molar-refractivity contribution in [1.82, 2.24) is 14.8 Å². The number of hydrogen-bond donors (Lipinski definition) is 2. The van der Waals surface area contributed by atoms with E-state index in [-0.39, 0.29) is 24.5 Å². The van der Waals surface area contributed by atoms with Crippen molar-refractivity contribution in [3.8, 4) is 0 Å². The summed E-state index contributed by atoms with van der Waals surface area (Å²) in [4.78, 5) is 25.8. The maximum Gasteiger partial charge on any atom is 0.274 e. The van der Waals surface area contributed by atoms with Gasteiger partial charge in [-0.3, -0.25) is 19.8 Å². The molecule has 2 rings (SSSR count). The highest BCUT2D eigenvalue weighted by molar-refractivity contribution is 6.04. The largest absolute Gasteiger partial charge is 0.393 e. The first-order valence-electron chi connectivity index (χ1n) is 7.33. The first kappa shape index (κ1) is 15.7. The minimum absolute atomic E-state index is 0.225. The fourth-order valence-corrected chi connectivity index (χ4v) is 2.72. The molecule has 116 valence electrons. The van der Waals surface area contributed by atoms with Crippen molar-refractivity contribution in [1.29, 1.82) is 0 Å². The van der Waals surface area contributed by atoms with Crippen molar-refractivity contribution < 1.29 is 14.7 Å². The van der Waals surface area contributed by atoms with Crippen LogP contribution in [0.5, 0.6) is 0 Å². The molecule has 1 unspecified atom stereocenters. The van der Waals surface area contributed by atoms with Gasteiger partial charge in [0.05, 0.1) is 12.6 Å². The van der Waals surface area contributed by atoms with Crippen LogP contribution in [0, 0.1) is 5.92 Å². The van der Waals surface area contributed by atoms with Gasteiger partial charge in [-0.2, -0.15) is 0 Å². The molecular formula is C15H23N3O3. The van der Waals surface area contributed by atoms with Gasteiger partial charge >= 0.3 is 0 Å². The third-order valence-corrected chi connectivity index (χ3v) is 4.11. The topological polar surface area (TPSA) is 74.6 Å².